The molecular weight excluding hydrogens is 236 g/mol. The molecule has 2 amide bonds. The van der Waals surface area contributed by atoms with Crippen molar-refractivity contribution in [1.29, 1.82) is 0 Å². The zero-order valence-electron chi connectivity index (χ0n) is 10.1. The molecule has 98 valence electrons. The highest BCUT2D eigenvalue weighted by atomic mass is 16.5. The molecule has 0 aromatic heterocycles. The highest BCUT2D eigenvalue weighted by Crippen LogP contribution is 2.20. The number of aromatic hydroxyl groups is 1. The van der Waals surface area contributed by atoms with Gasteiger partial charge in [0.15, 0.2) is 0 Å². The van der Waals surface area contributed by atoms with E-state index in [0.29, 0.717) is 5.56 Å². The summed E-state index contributed by atoms with van der Waals surface area (Å²) in [6.07, 6.45) is 0. The molecule has 4 N–H and O–H groups in total. The van der Waals surface area contributed by atoms with E-state index in [1.54, 1.807) is 19.1 Å². The number of phenolic OH excluding ortho intramolecular Hbond substituents is 1. The molecule has 0 bridgehead atoms. The van der Waals surface area contributed by atoms with Gasteiger partial charge >= 0.3 is 0 Å². The number of rotatable bonds is 6. The molecule has 18 heavy (non-hydrogen) atoms. The molecule has 0 spiro atoms. The van der Waals surface area contributed by atoms with Crippen LogP contribution in [0.25, 0.3) is 0 Å². The Hall–Kier alpha value is -2.08. The third-order valence-corrected chi connectivity index (χ3v) is 2.26. The molecule has 0 aliphatic rings. The van der Waals surface area contributed by atoms with Crippen LogP contribution in [0, 0.1) is 6.92 Å². The van der Waals surface area contributed by atoms with Gasteiger partial charge in [-0.05, 0) is 18.6 Å². The molecule has 0 saturated carbocycles. The van der Waals surface area contributed by atoms with E-state index in [2.05, 4.69) is 5.32 Å². The highest BCUT2D eigenvalue weighted by molar-refractivity contribution is 5.97. The van der Waals surface area contributed by atoms with Gasteiger partial charge in [0.1, 0.15) is 12.4 Å². The number of phenols is 1. The maximum atomic E-state index is 11.7. The lowest BCUT2D eigenvalue weighted by molar-refractivity contribution is -0.122. The van der Waals surface area contributed by atoms with E-state index in [4.69, 9.17) is 10.5 Å². The highest BCUT2D eigenvalue weighted by Gasteiger charge is 2.11. The van der Waals surface area contributed by atoms with Crippen molar-refractivity contribution < 1.29 is 19.4 Å². The lowest BCUT2D eigenvalue weighted by Gasteiger charge is -2.08. The van der Waals surface area contributed by atoms with Gasteiger partial charge in [-0.1, -0.05) is 12.1 Å². The fourth-order valence-corrected chi connectivity index (χ4v) is 1.35. The Bertz CT molecular complexity index is 446. The topological polar surface area (TPSA) is 102 Å². The molecule has 6 heteroatoms. The van der Waals surface area contributed by atoms with Gasteiger partial charge in [-0.25, -0.2) is 0 Å². The van der Waals surface area contributed by atoms with Crippen LogP contribution in [-0.2, 0) is 9.53 Å². The molecule has 1 rings (SSSR count). The average Bonchev–Trinajstić information content (AvgIpc) is 2.31. The largest absolute Gasteiger partial charge is 0.507 e. The van der Waals surface area contributed by atoms with Gasteiger partial charge in [-0.15, -0.1) is 0 Å². The van der Waals surface area contributed by atoms with Gasteiger partial charge in [0, 0.05) is 6.54 Å². The first-order valence-electron chi connectivity index (χ1n) is 5.45. The molecule has 0 atom stereocenters. The molecule has 6 nitrogen and oxygen atoms in total. The van der Waals surface area contributed by atoms with Gasteiger partial charge in [-0.2, -0.15) is 0 Å². The molecule has 0 aliphatic carbocycles. The van der Waals surface area contributed by atoms with Crippen LogP contribution < -0.4 is 11.1 Å². The number of primary amides is 1. The first-order valence-corrected chi connectivity index (χ1v) is 5.45. The summed E-state index contributed by atoms with van der Waals surface area (Å²) in [6.45, 7) is 1.95. The summed E-state index contributed by atoms with van der Waals surface area (Å²) in [5, 5.41) is 12.3. The molecule has 0 saturated heterocycles. The van der Waals surface area contributed by atoms with Crippen molar-refractivity contribution in [2.75, 3.05) is 19.8 Å². The van der Waals surface area contributed by atoms with Crippen LogP contribution in [0.1, 0.15) is 15.9 Å². The third-order valence-electron chi connectivity index (χ3n) is 2.26. The number of hydrogen-bond acceptors (Lipinski definition) is 4. The van der Waals surface area contributed by atoms with Crippen molar-refractivity contribution in [3.63, 3.8) is 0 Å². The van der Waals surface area contributed by atoms with Crippen LogP contribution in [0.2, 0.25) is 0 Å². The van der Waals surface area contributed by atoms with Crippen molar-refractivity contribution in [3.8, 4) is 5.75 Å². The monoisotopic (exact) mass is 252 g/mol. The Morgan fingerprint density at radius 2 is 2.17 bits per heavy atom. The Labute approximate surface area is 105 Å². The Morgan fingerprint density at radius 1 is 1.44 bits per heavy atom. The smallest absolute Gasteiger partial charge is 0.255 e. The number of benzene rings is 1. The quantitative estimate of drug-likeness (QED) is 0.617. The number of para-hydroxylation sites is 1. The number of hydrogen-bond donors (Lipinski definition) is 3. The Kier molecular flexibility index (Phi) is 5.13. The maximum Gasteiger partial charge on any atom is 0.255 e. The molecule has 0 radical (unpaired) electrons. The van der Waals surface area contributed by atoms with Crippen LogP contribution >= 0.6 is 0 Å². The normalized spacial score (nSPS) is 10.1. The first-order chi connectivity index (χ1) is 8.52. The van der Waals surface area contributed by atoms with Crippen LogP contribution in [0.4, 0.5) is 0 Å². The molecule has 1 aromatic rings. The summed E-state index contributed by atoms with van der Waals surface area (Å²) >= 11 is 0. The molecular formula is C12H16N2O4. The van der Waals surface area contributed by atoms with Crippen LogP contribution in [-0.4, -0.2) is 36.7 Å². The minimum atomic E-state index is -0.558. The number of nitrogens with two attached hydrogens (primary N) is 1. The average molecular weight is 252 g/mol. The number of aryl methyl sites for hydroxylation is 1. The molecule has 0 unspecified atom stereocenters. The lowest BCUT2D eigenvalue weighted by Crippen LogP contribution is -2.28. The van der Waals surface area contributed by atoms with Crippen molar-refractivity contribution in [2.45, 2.75) is 6.92 Å². The van der Waals surface area contributed by atoms with Crippen molar-refractivity contribution >= 4 is 11.8 Å². The van der Waals surface area contributed by atoms with Crippen LogP contribution in [0.5, 0.6) is 5.75 Å². The van der Waals surface area contributed by atoms with E-state index in [1.807, 2.05) is 0 Å². The van der Waals surface area contributed by atoms with E-state index >= 15 is 0 Å². The van der Waals surface area contributed by atoms with Crippen LogP contribution in [0.15, 0.2) is 18.2 Å². The lowest BCUT2D eigenvalue weighted by atomic mass is 10.1. The van der Waals surface area contributed by atoms with Crippen LogP contribution in [0.3, 0.4) is 0 Å². The Balaban J connectivity index is 2.41. The fourth-order valence-electron chi connectivity index (χ4n) is 1.35. The van der Waals surface area contributed by atoms with E-state index in [9.17, 15) is 14.7 Å². The number of ether oxygens (including phenoxy) is 1. The standard InChI is InChI=1S/C12H16N2O4/c1-8-3-2-4-9(11(8)16)12(17)14-5-6-18-7-10(13)15/h2-4,16H,5-7H2,1H3,(H2,13,15)(H,14,17). The molecule has 0 aliphatic heterocycles. The predicted octanol–water partition coefficient (Wildman–Crippen LogP) is -0.0677. The van der Waals surface area contributed by atoms with E-state index in [1.165, 1.54) is 6.07 Å². The van der Waals surface area contributed by atoms with Gasteiger partial charge in [0.05, 0.1) is 12.2 Å². The van der Waals surface area contributed by atoms with Gasteiger partial charge in [-0.3, -0.25) is 9.59 Å². The summed E-state index contributed by atoms with van der Waals surface area (Å²) < 4.78 is 4.88. The zero-order valence-corrected chi connectivity index (χ0v) is 10.1. The summed E-state index contributed by atoms with van der Waals surface area (Å²) in [7, 11) is 0. The second-order valence-corrected chi connectivity index (χ2v) is 3.75. The minimum Gasteiger partial charge on any atom is -0.507 e. The Morgan fingerprint density at radius 3 is 2.83 bits per heavy atom. The SMILES string of the molecule is Cc1cccc(C(=O)NCCOCC(N)=O)c1O. The van der Waals surface area contributed by atoms with Gasteiger partial charge in [0.25, 0.3) is 5.91 Å². The maximum absolute atomic E-state index is 11.7. The zero-order chi connectivity index (χ0) is 13.5. The van der Waals surface area contributed by atoms with Crippen molar-refractivity contribution in [2.24, 2.45) is 5.73 Å². The molecule has 0 fully saturated rings. The number of carbonyl (C=O) groups is 2. The number of carbonyl (C=O) groups excluding carboxylic acids is 2. The van der Waals surface area contributed by atoms with E-state index < -0.39 is 5.91 Å². The molecule has 1 aromatic carbocycles. The predicted molar refractivity (Wildman–Crippen MR) is 65.2 cm³/mol. The first kappa shape index (κ1) is 14.0. The number of amides is 2. The van der Waals surface area contributed by atoms with Gasteiger partial charge < -0.3 is 20.9 Å². The summed E-state index contributed by atoms with van der Waals surface area (Å²) in [5.74, 6) is -0.982. The second-order valence-electron chi connectivity index (χ2n) is 3.75. The fraction of sp³-hybridized carbons (Fsp3) is 0.333. The summed E-state index contributed by atoms with van der Waals surface area (Å²) in [5.41, 5.74) is 5.72. The van der Waals surface area contributed by atoms with Crippen molar-refractivity contribution in [3.05, 3.63) is 29.3 Å². The van der Waals surface area contributed by atoms with E-state index in [0.717, 1.165) is 0 Å². The summed E-state index contributed by atoms with van der Waals surface area (Å²) in [6, 6.07) is 4.93. The van der Waals surface area contributed by atoms with Crippen molar-refractivity contribution in [1.82, 2.24) is 5.32 Å². The minimum absolute atomic E-state index is 0.0342. The molecule has 0 heterocycles. The number of nitrogens with one attached hydrogen (secondary N) is 1. The van der Waals surface area contributed by atoms with E-state index in [-0.39, 0.29) is 37.0 Å². The third kappa shape index (κ3) is 4.06. The van der Waals surface area contributed by atoms with Gasteiger partial charge in [0.2, 0.25) is 5.91 Å². The summed E-state index contributed by atoms with van der Waals surface area (Å²) in [4.78, 5) is 22.1. The second kappa shape index (κ2) is 6.61.